The second-order valence-electron chi connectivity index (χ2n) is 8.94. The van der Waals surface area contributed by atoms with Crippen LogP contribution in [0, 0.1) is 0 Å². The van der Waals surface area contributed by atoms with E-state index in [-0.39, 0.29) is 30.6 Å². The fourth-order valence-corrected chi connectivity index (χ4v) is 4.45. The number of likely N-dealkylation sites (tertiary alicyclic amines) is 1. The molecule has 184 valence electrons. The van der Waals surface area contributed by atoms with Crippen LogP contribution in [0.1, 0.15) is 25.5 Å². The molecule has 0 saturated carbocycles. The first-order chi connectivity index (χ1) is 16.6. The molecule has 1 fully saturated rings. The number of hydrogen-bond donors (Lipinski definition) is 2. The predicted molar refractivity (Wildman–Crippen MR) is 122 cm³/mol. The van der Waals surface area contributed by atoms with Gasteiger partial charge in [0.1, 0.15) is 23.0 Å². The number of alkyl halides is 3. The number of aliphatic hydroxyl groups is 2. The molecule has 4 aromatic rings. The molecule has 11 heteroatoms. The zero-order valence-corrected chi connectivity index (χ0v) is 19.0. The van der Waals surface area contributed by atoms with E-state index in [1.54, 1.807) is 6.07 Å². The van der Waals surface area contributed by atoms with Crippen molar-refractivity contribution in [3.05, 3.63) is 54.2 Å². The zero-order chi connectivity index (χ0) is 24.9. The molecule has 1 aliphatic heterocycles. The van der Waals surface area contributed by atoms with Crippen molar-refractivity contribution in [1.29, 1.82) is 0 Å². The van der Waals surface area contributed by atoms with Gasteiger partial charge in [0.25, 0.3) is 0 Å². The molecule has 1 aromatic carbocycles. The van der Waals surface area contributed by atoms with E-state index in [2.05, 4.69) is 10.2 Å². The molecule has 2 N–H and O–H groups in total. The third-order valence-corrected chi connectivity index (χ3v) is 5.98. The molecule has 5 rings (SSSR count). The molecule has 0 amide bonds. The van der Waals surface area contributed by atoms with Crippen molar-refractivity contribution in [3.63, 3.8) is 0 Å². The maximum atomic E-state index is 14.1. The van der Waals surface area contributed by atoms with Crippen molar-refractivity contribution >= 4 is 16.6 Å². The van der Waals surface area contributed by atoms with Crippen LogP contribution in [0.2, 0.25) is 0 Å². The number of halogens is 3. The van der Waals surface area contributed by atoms with Crippen molar-refractivity contribution in [3.8, 4) is 17.3 Å². The molecule has 3 atom stereocenters. The Morgan fingerprint density at radius 2 is 1.74 bits per heavy atom. The van der Waals surface area contributed by atoms with Gasteiger partial charge in [-0.05, 0) is 37.6 Å². The third kappa shape index (κ3) is 4.42. The van der Waals surface area contributed by atoms with E-state index in [9.17, 15) is 23.4 Å². The lowest BCUT2D eigenvalue weighted by Crippen LogP contribution is -2.38. The van der Waals surface area contributed by atoms with Crippen LogP contribution in [0.4, 0.5) is 13.2 Å². The van der Waals surface area contributed by atoms with Crippen LogP contribution in [0.15, 0.2) is 48.7 Å². The summed E-state index contributed by atoms with van der Waals surface area (Å²) >= 11 is 0. The van der Waals surface area contributed by atoms with E-state index in [1.807, 2.05) is 38.1 Å². The fourth-order valence-electron chi connectivity index (χ4n) is 4.45. The molecule has 0 radical (unpaired) electrons. The highest BCUT2D eigenvalue weighted by Gasteiger charge is 2.48. The minimum atomic E-state index is -4.63. The van der Waals surface area contributed by atoms with Crippen molar-refractivity contribution in [2.45, 2.75) is 44.4 Å². The van der Waals surface area contributed by atoms with Gasteiger partial charge in [-0.2, -0.15) is 13.2 Å². The molecular formula is C24H24F3N5O3. The number of fused-ring (bicyclic) bond motifs is 2. The summed E-state index contributed by atoms with van der Waals surface area (Å²) in [6.45, 7) is 3.24. The quantitative estimate of drug-likeness (QED) is 0.446. The first-order valence-corrected chi connectivity index (χ1v) is 11.2. The molecule has 0 aliphatic carbocycles. The van der Waals surface area contributed by atoms with Crippen molar-refractivity contribution in [1.82, 2.24) is 24.5 Å². The van der Waals surface area contributed by atoms with Gasteiger partial charge in [0.05, 0.1) is 18.3 Å². The Bertz CT molecular complexity index is 1360. The Morgan fingerprint density at radius 1 is 1.00 bits per heavy atom. The third-order valence-electron chi connectivity index (χ3n) is 5.98. The molecule has 3 aromatic heterocycles. The molecule has 8 nitrogen and oxygen atoms in total. The maximum absolute atomic E-state index is 14.1. The van der Waals surface area contributed by atoms with E-state index in [0.29, 0.717) is 22.6 Å². The number of pyridine rings is 2. The van der Waals surface area contributed by atoms with Crippen molar-refractivity contribution < 1.29 is 28.1 Å². The van der Waals surface area contributed by atoms with E-state index >= 15 is 0 Å². The molecular weight excluding hydrogens is 463 g/mol. The summed E-state index contributed by atoms with van der Waals surface area (Å²) in [5.74, 6) is 0.877. The number of benzene rings is 1. The van der Waals surface area contributed by atoms with Gasteiger partial charge >= 0.3 is 6.18 Å². The molecule has 0 spiro atoms. The lowest BCUT2D eigenvalue weighted by Gasteiger charge is -2.29. The average Bonchev–Trinajstić information content (AvgIpc) is 3.35. The summed E-state index contributed by atoms with van der Waals surface area (Å²) in [4.78, 5) is 5.73. The van der Waals surface area contributed by atoms with Crippen molar-refractivity contribution in [2.24, 2.45) is 0 Å². The predicted octanol–water partition coefficient (Wildman–Crippen LogP) is 3.37. The average molecular weight is 487 g/mol. The normalized spacial score (nSPS) is 20.2. The van der Waals surface area contributed by atoms with Gasteiger partial charge in [0, 0.05) is 24.7 Å². The number of nitrogens with zero attached hydrogens (tertiary/aromatic N) is 5. The lowest BCUT2D eigenvalue weighted by molar-refractivity contribution is -0.185. The second-order valence-corrected chi connectivity index (χ2v) is 8.94. The first-order valence-electron chi connectivity index (χ1n) is 11.2. The molecule has 4 heterocycles. The summed E-state index contributed by atoms with van der Waals surface area (Å²) in [7, 11) is 0. The maximum Gasteiger partial charge on any atom is 0.408 e. The summed E-state index contributed by atoms with van der Waals surface area (Å²) in [6.07, 6.45) is -5.83. The standard InChI is InChI=1S/C24H24F3N5O3/c1-13(2)35-19-5-3-4-14-6-8-16(28-21(14)19)23-30-29-20-9-7-15(10-32(20)23)22(24(25,26)27)31-11-17(33)18(34)12-31/h3-10,13,17-18,22,33-34H,11-12H2,1-2H3/t17-,18-,22-/m1/s1. The van der Waals surface area contributed by atoms with Gasteiger partial charge in [-0.15, -0.1) is 10.2 Å². The lowest BCUT2D eigenvalue weighted by atomic mass is 10.1. The van der Waals surface area contributed by atoms with Crippen LogP contribution in [-0.4, -0.2) is 72.3 Å². The summed E-state index contributed by atoms with van der Waals surface area (Å²) < 4.78 is 49.7. The van der Waals surface area contributed by atoms with Crippen LogP contribution in [0.3, 0.4) is 0 Å². The van der Waals surface area contributed by atoms with Crippen LogP contribution in [-0.2, 0) is 0 Å². The Morgan fingerprint density at radius 3 is 2.43 bits per heavy atom. The number of ether oxygens (including phenoxy) is 1. The van der Waals surface area contributed by atoms with Gasteiger partial charge in [0.15, 0.2) is 11.5 Å². The van der Waals surface area contributed by atoms with E-state index in [4.69, 9.17) is 9.72 Å². The Kier molecular flexibility index (Phi) is 5.86. The van der Waals surface area contributed by atoms with Crippen LogP contribution in [0.25, 0.3) is 28.1 Å². The highest BCUT2D eigenvalue weighted by atomic mass is 19.4. The summed E-state index contributed by atoms with van der Waals surface area (Å²) in [5, 5.41) is 28.8. The molecule has 0 unspecified atom stereocenters. The smallest absolute Gasteiger partial charge is 0.408 e. The number of hydrogen-bond acceptors (Lipinski definition) is 7. The van der Waals surface area contributed by atoms with E-state index < -0.39 is 24.4 Å². The zero-order valence-electron chi connectivity index (χ0n) is 19.0. The van der Waals surface area contributed by atoms with Crippen LogP contribution < -0.4 is 4.74 Å². The second kappa shape index (κ2) is 8.74. The highest BCUT2D eigenvalue weighted by molar-refractivity contribution is 5.86. The minimum absolute atomic E-state index is 0.0584. The Labute approximate surface area is 198 Å². The fraction of sp³-hybridized carbons (Fsp3) is 0.375. The van der Waals surface area contributed by atoms with E-state index in [0.717, 1.165) is 10.3 Å². The monoisotopic (exact) mass is 487 g/mol. The Hall–Kier alpha value is -3.28. The number of β-amino-alcohol motifs (C(OH)–C–C–N with tert-alkyl or cyclic N) is 2. The number of aliphatic hydroxyl groups excluding tert-OH is 2. The Balaban J connectivity index is 1.60. The van der Waals surface area contributed by atoms with Gasteiger partial charge in [-0.1, -0.05) is 24.3 Å². The van der Waals surface area contributed by atoms with Gasteiger partial charge < -0.3 is 14.9 Å². The van der Waals surface area contributed by atoms with Crippen molar-refractivity contribution in [2.75, 3.05) is 13.1 Å². The largest absolute Gasteiger partial charge is 0.489 e. The molecule has 35 heavy (non-hydrogen) atoms. The van der Waals surface area contributed by atoms with Gasteiger partial charge in [-0.3, -0.25) is 9.30 Å². The summed E-state index contributed by atoms with van der Waals surface area (Å²) in [5.41, 5.74) is 1.34. The van der Waals surface area contributed by atoms with Crippen LogP contribution >= 0.6 is 0 Å². The number of aromatic nitrogens is 4. The molecule has 1 saturated heterocycles. The highest BCUT2D eigenvalue weighted by Crippen LogP contribution is 2.40. The molecule has 1 aliphatic rings. The SMILES string of the molecule is CC(C)Oc1cccc2ccc(-c3nnc4ccc([C@@H](N5C[C@@H](O)[C@H](O)C5)C(F)(F)F)cn34)nc12. The molecule has 0 bridgehead atoms. The summed E-state index contributed by atoms with van der Waals surface area (Å²) in [6, 6.07) is 9.94. The first kappa shape index (κ1) is 23.5. The number of rotatable bonds is 5. The number of para-hydroxylation sites is 1. The van der Waals surface area contributed by atoms with Crippen LogP contribution in [0.5, 0.6) is 5.75 Å². The minimum Gasteiger partial charge on any atom is -0.489 e. The van der Waals surface area contributed by atoms with Gasteiger partial charge in [0.2, 0.25) is 0 Å². The van der Waals surface area contributed by atoms with E-state index in [1.165, 1.54) is 22.7 Å². The topological polar surface area (TPSA) is 96.0 Å². The van der Waals surface area contributed by atoms with Gasteiger partial charge in [-0.25, -0.2) is 4.98 Å².